The molecular weight excluding hydrogens is 380 g/mol. The first-order chi connectivity index (χ1) is 13.6. The Morgan fingerprint density at radius 1 is 0.964 bits per heavy atom. The van der Waals surface area contributed by atoms with Gasteiger partial charge in [-0.2, -0.15) is 8.78 Å². The Morgan fingerprint density at radius 2 is 1.61 bits per heavy atom. The van der Waals surface area contributed by atoms with Gasteiger partial charge in [0, 0.05) is 17.8 Å². The first kappa shape index (κ1) is 20.5. The third-order valence-corrected chi connectivity index (χ3v) is 5.07. The van der Waals surface area contributed by atoms with Crippen LogP contribution < -0.4 is 20.3 Å². The fraction of sp³-hybridized carbons (Fsp3) is 0.381. The Balaban J connectivity index is 1.42. The largest absolute Gasteiger partial charge is 0.435 e. The molecule has 1 heterocycles. The number of hydrogen-bond donors (Lipinski definition) is 3. The fourth-order valence-electron chi connectivity index (χ4n) is 3.37. The van der Waals surface area contributed by atoms with Crippen LogP contribution in [-0.2, 0) is 13.1 Å². The molecule has 3 rings (SSSR count). The van der Waals surface area contributed by atoms with Gasteiger partial charge in [-0.3, -0.25) is 0 Å². The molecule has 0 saturated carbocycles. The molecule has 3 N–H and O–H groups in total. The average molecular weight is 407 g/mol. The SMILES string of the molecule is FC(F)Oc1ccc(NC(=S)NCc2ccc(C[NH+]3CCCCC3)cc2)cc1. The maximum Gasteiger partial charge on any atom is 0.387 e. The van der Waals surface area contributed by atoms with Gasteiger partial charge in [-0.1, -0.05) is 24.3 Å². The molecule has 2 aromatic rings. The van der Waals surface area contributed by atoms with Gasteiger partial charge in [0.25, 0.3) is 0 Å². The van der Waals surface area contributed by atoms with Gasteiger partial charge in [0.15, 0.2) is 5.11 Å². The van der Waals surface area contributed by atoms with E-state index in [1.165, 1.54) is 50.0 Å². The zero-order chi connectivity index (χ0) is 19.8. The molecule has 150 valence electrons. The summed E-state index contributed by atoms with van der Waals surface area (Å²) in [7, 11) is 0. The number of nitrogens with one attached hydrogen (secondary N) is 3. The van der Waals surface area contributed by atoms with Crippen molar-refractivity contribution in [1.29, 1.82) is 0 Å². The van der Waals surface area contributed by atoms with Crippen LogP contribution in [0.3, 0.4) is 0 Å². The van der Waals surface area contributed by atoms with E-state index in [0.29, 0.717) is 17.3 Å². The van der Waals surface area contributed by atoms with Crippen LogP contribution in [0.5, 0.6) is 5.75 Å². The van der Waals surface area contributed by atoms with Crippen LogP contribution in [0.25, 0.3) is 0 Å². The highest BCUT2D eigenvalue weighted by Gasteiger charge is 2.13. The van der Waals surface area contributed by atoms with E-state index in [4.69, 9.17) is 12.2 Å². The van der Waals surface area contributed by atoms with E-state index in [2.05, 4.69) is 39.6 Å². The Kier molecular flexibility index (Phi) is 7.56. The fourth-order valence-corrected chi connectivity index (χ4v) is 3.56. The first-order valence-electron chi connectivity index (χ1n) is 9.59. The Bertz CT molecular complexity index is 747. The van der Waals surface area contributed by atoms with Gasteiger partial charge in [-0.15, -0.1) is 0 Å². The second-order valence-corrected chi connectivity index (χ2v) is 7.42. The maximum atomic E-state index is 12.2. The second-order valence-electron chi connectivity index (χ2n) is 7.01. The first-order valence-corrected chi connectivity index (χ1v) is 10.0. The van der Waals surface area contributed by atoms with Crippen LogP contribution in [0.2, 0.25) is 0 Å². The Hall–Kier alpha value is -2.25. The lowest BCUT2D eigenvalue weighted by Crippen LogP contribution is -3.11. The summed E-state index contributed by atoms with van der Waals surface area (Å²) in [5.74, 6) is 0.117. The van der Waals surface area contributed by atoms with E-state index in [1.807, 2.05) is 0 Å². The van der Waals surface area contributed by atoms with Crippen molar-refractivity contribution in [1.82, 2.24) is 5.32 Å². The average Bonchev–Trinajstić information content (AvgIpc) is 2.69. The van der Waals surface area contributed by atoms with Crippen LogP contribution >= 0.6 is 12.2 Å². The van der Waals surface area contributed by atoms with Crippen molar-refractivity contribution in [3.63, 3.8) is 0 Å². The van der Waals surface area contributed by atoms with E-state index in [-0.39, 0.29) is 5.75 Å². The van der Waals surface area contributed by atoms with Crippen LogP contribution in [0.1, 0.15) is 30.4 Å². The van der Waals surface area contributed by atoms with E-state index in [0.717, 1.165) is 12.1 Å². The molecule has 0 aliphatic carbocycles. The number of anilines is 1. The summed E-state index contributed by atoms with van der Waals surface area (Å²) in [4.78, 5) is 1.67. The molecule has 0 atom stereocenters. The van der Waals surface area contributed by atoms with Crippen LogP contribution in [0, 0.1) is 0 Å². The highest BCUT2D eigenvalue weighted by atomic mass is 32.1. The van der Waals surface area contributed by atoms with Gasteiger partial charge >= 0.3 is 6.61 Å². The standard InChI is InChI=1S/C21H25F2N3OS/c22-20(23)27-19-10-8-18(9-11-19)25-21(28)24-14-16-4-6-17(7-5-16)15-26-12-2-1-3-13-26/h4-11,20H,1-3,12-15H2,(H2,24,25,28)/p+1. The molecule has 1 aliphatic heterocycles. The van der Waals surface area contributed by atoms with Gasteiger partial charge in [0.2, 0.25) is 0 Å². The molecule has 4 nitrogen and oxygen atoms in total. The van der Waals surface area contributed by atoms with Gasteiger partial charge in [-0.25, -0.2) is 0 Å². The molecule has 0 bridgehead atoms. The van der Waals surface area contributed by atoms with Gasteiger partial charge in [0.1, 0.15) is 12.3 Å². The second kappa shape index (κ2) is 10.3. The molecule has 0 unspecified atom stereocenters. The van der Waals surface area contributed by atoms with E-state index < -0.39 is 6.61 Å². The van der Waals surface area contributed by atoms with Crippen molar-refractivity contribution in [2.75, 3.05) is 18.4 Å². The Labute approximate surface area is 169 Å². The van der Waals surface area contributed by atoms with Gasteiger partial charge in [0.05, 0.1) is 13.1 Å². The number of alkyl halides is 2. The maximum absolute atomic E-state index is 12.2. The number of piperidine rings is 1. The normalized spacial score (nSPS) is 14.7. The lowest BCUT2D eigenvalue weighted by molar-refractivity contribution is -0.918. The van der Waals surface area contributed by atoms with Crippen LogP contribution in [0.15, 0.2) is 48.5 Å². The molecule has 0 spiro atoms. The highest BCUT2D eigenvalue weighted by molar-refractivity contribution is 7.80. The van der Waals surface area contributed by atoms with Crippen molar-refractivity contribution in [2.24, 2.45) is 0 Å². The summed E-state index contributed by atoms with van der Waals surface area (Å²) in [6.07, 6.45) is 4.04. The summed E-state index contributed by atoms with van der Waals surface area (Å²) in [5.41, 5.74) is 3.23. The smallest absolute Gasteiger partial charge is 0.387 e. The number of halogens is 2. The van der Waals surface area contributed by atoms with Crippen molar-refractivity contribution in [3.05, 3.63) is 59.7 Å². The summed E-state index contributed by atoms with van der Waals surface area (Å²) < 4.78 is 28.7. The molecule has 1 aliphatic rings. The van der Waals surface area contributed by atoms with E-state index in [1.54, 1.807) is 17.0 Å². The summed E-state index contributed by atoms with van der Waals surface area (Å²) in [6, 6.07) is 14.9. The van der Waals surface area contributed by atoms with Crippen molar-refractivity contribution < 1.29 is 18.4 Å². The van der Waals surface area contributed by atoms with Gasteiger partial charge < -0.3 is 20.3 Å². The van der Waals surface area contributed by atoms with E-state index in [9.17, 15) is 8.78 Å². The molecule has 0 radical (unpaired) electrons. The number of hydrogen-bond acceptors (Lipinski definition) is 2. The third-order valence-electron chi connectivity index (χ3n) is 4.83. The number of thiocarbonyl (C=S) groups is 1. The molecule has 2 aromatic carbocycles. The van der Waals surface area contributed by atoms with E-state index >= 15 is 0 Å². The van der Waals surface area contributed by atoms with Crippen LogP contribution in [0.4, 0.5) is 14.5 Å². The van der Waals surface area contributed by atoms with Crippen LogP contribution in [-0.4, -0.2) is 24.8 Å². The number of quaternary nitrogens is 1. The number of likely N-dealkylation sites (tertiary alicyclic amines) is 1. The zero-order valence-electron chi connectivity index (χ0n) is 15.7. The molecule has 1 fully saturated rings. The minimum absolute atomic E-state index is 0.117. The molecule has 0 amide bonds. The Morgan fingerprint density at radius 3 is 2.25 bits per heavy atom. The quantitative estimate of drug-likeness (QED) is 0.617. The predicted octanol–water partition coefficient (Wildman–Crippen LogP) is 3.34. The molecule has 1 saturated heterocycles. The molecular formula is C21H26F2N3OS+. The summed E-state index contributed by atoms with van der Waals surface area (Å²) in [5, 5.41) is 6.67. The van der Waals surface area contributed by atoms with Gasteiger partial charge in [-0.05, 0) is 61.3 Å². The minimum atomic E-state index is -2.82. The van der Waals surface area contributed by atoms with Crippen molar-refractivity contribution >= 4 is 23.0 Å². The van der Waals surface area contributed by atoms with Crippen molar-refractivity contribution in [2.45, 2.75) is 39.0 Å². The number of benzene rings is 2. The lowest BCUT2D eigenvalue weighted by Gasteiger charge is -2.23. The minimum Gasteiger partial charge on any atom is -0.435 e. The van der Waals surface area contributed by atoms with Crippen molar-refractivity contribution in [3.8, 4) is 5.75 Å². The number of rotatable bonds is 7. The zero-order valence-corrected chi connectivity index (χ0v) is 16.5. The summed E-state index contributed by atoms with van der Waals surface area (Å²) in [6.45, 7) is 1.44. The molecule has 7 heteroatoms. The molecule has 28 heavy (non-hydrogen) atoms. The predicted molar refractivity (Wildman–Crippen MR) is 111 cm³/mol. The lowest BCUT2D eigenvalue weighted by atomic mass is 10.1. The topological polar surface area (TPSA) is 37.7 Å². The monoisotopic (exact) mass is 406 g/mol. The third kappa shape index (κ3) is 6.73. The highest BCUT2D eigenvalue weighted by Crippen LogP contribution is 2.17. The summed E-state index contributed by atoms with van der Waals surface area (Å²) >= 11 is 5.30. The molecule has 0 aromatic heterocycles. The number of ether oxygens (including phenoxy) is 1.